The monoisotopic (exact) mass is 351 g/mol. The molecule has 3 aromatic rings. The fourth-order valence-electron chi connectivity index (χ4n) is 2.30. The van der Waals surface area contributed by atoms with Crippen LogP contribution in [-0.4, -0.2) is 13.3 Å². The highest BCUT2D eigenvalue weighted by molar-refractivity contribution is 6.31. The summed E-state index contributed by atoms with van der Waals surface area (Å²) in [7, 11) is 1.64. The maximum Gasteiger partial charge on any atom is 0.128 e. The summed E-state index contributed by atoms with van der Waals surface area (Å²) in [5.74, 6) is 1.57. The summed E-state index contributed by atoms with van der Waals surface area (Å²) in [6, 6.07) is 23.0. The molecule has 0 heterocycles. The molecule has 0 aromatic heterocycles. The van der Waals surface area contributed by atoms with Crippen molar-refractivity contribution in [2.75, 3.05) is 7.11 Å². The molecule has 3 nitrogen and oxygen atoms in total. The van der Waals surface area contributed by atoms with Crippen LogP contribution >= 0.6 is 11.6 Å². The van der Waals surface area contributed by atoms with Crippen molar-refractivity contribution in [1.29, 1.82) is 0 Å². The normalized spacial score (nSPS) is 10.8. The van der Waals surface area contributed by atoms with Crippen LogP contribution in [0.5, 0.6) is 11.5 Å². The molecular formula is C21H18ClNO2. The molecule has 0 saturated carbocycles. The van der Waals surface area contributed by atoms with Crippen molar-refractivity contribution >= 4 is 23.5 Å². The highest BCUT2D eigenvalue weighted by Gasteiger charge is 2.04. The SMILES string of the molecule is COc1ccc(N=Cc2ccccc2OCc2ccccc2Cl)cc1. The zero-order valence-electron chi connectivity index (χ0n) is 13.9. The predicted octanol–water partition coefficient (Wildman–Crippen LogP) is 5.68. The smallest absolute Gasteiger partial charge is 0.128 e. The van der Waals surface area contributed by atoms with Crippen molar-refractivity contribution in [1.82, 2.24) is 0 Å². The summed E-state index contributed by atoms with van der Waals surface area (Å²) in [6.45, 7) is 0.410. The number of ether oxygens (including phenoxy) is 2. The lowest BCUT2D eigenvalue weighted by atomic mass is 10.2. The Morgan fingerprint density at radius 1 is 0.920 bits per heavy atom. The summed E-state index contributed by atoms with van der Waals surface area (Å²) >= 11 is 6.18. The lowest BCUT2D eigenvalue weighted by molar-refractivity contribution is 0.306. The molecule has 126 valence electrons. The molecule has 3 aromatic carbocycles. The van der Waals surface area contributed by atoms with Gasteiger partial charge in [0.25, 0.3) is 0 Å². The van der Waals surface area contributed by atoms with E-state index < -0.39 is 0 Å². The van der Waals surface area contributed by atoms with Gasteiger partial charge >= 0.3 is 0 Å². The molecule has 0 N–H and O–H groups in total. The van der Waals surface area contributed by atoms with Gasteiger partial charge in [0, 0.05) is 22.4 Å². The van der Waals surface area contributed by atoms with Gasteiger partial charge in [0.1, 0.15) is 18.1 Å². The fraction of sp³-hybridized carbons (Fsp3) is 0.0952. The molecule has 25 heavy (non-hydrogen) atoms. The van der Waals surface area contributed by atoms with E-state index in [1.807, 2.05) is 72.8 Å². The van der Waals surface area contributed by atoms with Gasteiger partial charge in [-0.05, 0) is 42.5 Å². The zero-order valence-corrected chi connectivity index (χ0v) is 14.6. The van der Waals surface area contributed by atoms with Crippen molar-refractivity contribution in [3.63, 3.8) is 0 Å². The van der Waals surface area contributed by atoms with E-state index in [9.17, 15) is 0 Å². The molecule has 0 radical (unpaired) electrons. The Bertz CT molecular complexity index is 860. The Morgan fingerprint density at radius 3 is 2.40 bits per heavy atom. The van der Waals surface area contributed by atoms with Crippen LogP contribution in [0.1, 0.15) is 11.1 Å². The Balaban J connectivity index is 1.74. The predicted molar refractivity (Wildman–Crippen MR) is 102 cm³/mol. The number of methoxy groups -OCH3 is 1. The molecule has 0 aliphatic heterocycles. The van der Waals surface area contributed by atoms with Gasteiger partial charge in [0.15, 0.2) is 0 Å². The molecule has 3 rings (SSSR count). The third-order valence-electron chi connectivity index (χ3n) is 3.69. The summed E-state index contributed by atoms with van der Waals surface area (Å²) < 4.78 is 11.1. The van der Waals surface area contributed by atoms with Crippen LogP contribution in [0.2, 0.25) is 5.02 Å². The molecule has 0 fully saturated rings. The Morgan fingerprint density at radius 2 is 1.64 bits per heavy atom. The maximum atomic E-state index is 6.18. The maximum absolute atomic E-state index is 6.18. The summed E-state index contributed by atoms with van der Waals surface area (Å²) in [5, 5.41) is 0.701. The van der Waals surface area contributed by atoms with E-state index in [-0.39, 0.29) is 0 Å². The van der Waals surface area contributed by atoms with Crippen LogP contribution in [0.15, 0.2) is 77.8 Å². The first-order valence-corrected chi connectivity index (χ1v) is 8.27. The van der Waals surface area contributed by atoms with E-state index in [1.165, 1.54) is 0 Å². The topological polar surface area (TPSA) is 30.8 Å². The third-order valence-corrected chi connectivity index (χ3v) is 4.05. The van der Waals surface area contributed by atoms with E-state index in [0.29, 0.717) is 11.6 Å². The van der Waals surface area contributed by atoms with E-state index in [2.05, 4.69) is 4.99 Å². The second-order valence-corrected chi connectivity index (χ2v) is 5.78. The Hall–Kier alpha value is -2.78. The van der Waals surface area contributed by atoms with Crippen molar-refractivity contribution in [2.24, 2.45) is 4.99 Å². The van der Waals surface area contributed by atoms with Gasteiger partial charge in [0.05, 0.1) is 12.8 Å². The largest absolute Gasteiger partial charge is 0.497 e. The lowest BCUT2D eigenvalue weighted by Gasteiger charge is -2.10. The van der Waals surface area contributed by atoms with Crippen LogP contribution in [-0.2, 0) is 6.61 Å². The number of hydrogen-bond donors (Lipinski definition) is 0. The third kappa shape index (κ3) is 4.61. The van der Waals surface area contributed by atoms with Crippen LogP contribution in [0.25, 0.3) is 0 Å². The zero-order chi connectivity index (χ0) is 17.5. The van der Waals surface area contributed by atoms with Gasteiger partial charge < -0.3 is 9.47 Å². The second-order valence-electron chi connectivity index (χ2n) is 5.37. The average Bonchev–Trinajstić information content (AvgIpc) is 2.67. The molecule has 4 heteroatoms. The van der Waals surface area contributed by atoms with E-state index in [1.54, 1.807) is 13.3 Å². The van der Waals surface area contributed by atoms with Gasteiger partial charge in [0.2, 0.25) is 0 Å². The molecule has 0 spiro atoms. The summed E-state index contributed by atoms with van der Waals surface area (Å²) in [6.07, 6.45) is 1.80. The van der Waals surface area contributed by atoms with Gasteiger partial charge in [-0.2, -0.15) is 0 Å². The van der Waals surface area contributed by atoms with Gasteiger partial charge in [-0.15, -0.1) is 0 Å². The molecule has 0 aliphatic rings. The summed E-state index contributed by atoms with van der Waals surface area (Å²) in [5.41, 5.74) is 2.71. The van der Waals surface area contributed by atoms with E-state index in [4.69, 9.17) is 21.1 Å². The quantitative estimate of drug-likeness (QED) is 0.535. The van der Waals surface area contributed by atoms with E-state index in [0.717, 1.165) is 28.3 Å². The van der Waals surface area contributed by atoms with Gasteiger partial charge in [-0.25, -0.2) is 0 Å². The van der Waals surface area contributed by atoms with Gasteiger partial charge in [-0.1, -0.05) is 41.9 Å². The fourth-order valence-corrected chi connectivity index (χ4v) is 2.49. The molecular weight excluding hydrogens is 334 g/mol. The minimum absolute atomic E-state index is 0.410. The molecule has 0 aliphatic carbocycles. The minimum Gasteiger partial charge on any atom is -0.497 e. The number of halogens is 1. The molecule has 0 unspecified atom stereocenters. The Labute approximate surface area is 152 Å². The number of benzene rings is 3. The van der Waals surface area contributed by atoms with Crippen LogP contribution in [0.3, 0.4) is 0 Å². The molecule has 0 amide bonds. The van der Waals surface area contributed by atoms with Crippen molar-refractivity contribution in [3.8, 4) is 11.5 Å². The number of para-hydroxylation sites is 1. The Kier molecular flexibility index (Phi) is 5.70. The first-order chi connectivity index (χ1) is 12.3. The molecule has 0 atom stereocenters. The second kappa shape index (κ2) is 8.36. The highest BCUT2D eigenvalue weighted by atomic mass is 35.5. The van der Waals surface area contributed by atoms with Crippen LogP contribution in [0, 0.1) is 0 Å². The number of nitrogens with zero attached hydrogens (tertiary/aromatic N) is 1. The number of aliphatic imine (C=N–C) groups is 1. The first-order valence-electron chi connectivity index (χ1n) is 7.89. The van der Waals surface area contributed by atoms with Crippen molar-refractivity contribution in [2.45, 2.75) is 6.61 Å². The van der Waals surface area contributed by atoms with Crippen molar-refractivity contribution in [3.05, 3.63) is 88.9 Å². The summed E-state index contributed by atoms with van der Waals surface area (Å²) in [4.78, 5) is 4.50. The van der Waals surface area contributed by atoms with Crippen LogP contribution < -0.4 is 9.47 Å². The van der Waals surface area contributed by atoms with Crippen molar-refractivity contribution < 1.29 is 9.47 Å². The highest BCUT2D eigenvalue weighted by Crippen LogP contribution is 2.22. The standard InChI is InChI=1S/C21H18ClNO2/c1-24-19-12-10-18(11-13-19)23-14-16-6-3-5-9-21(16)25-15-17-7-2-4-8-20(17)22/h2-14H,15H2,1H3. The molecule has 0 bridgehead atoms. The lowest BCUT2D eigenvalue weighted by Crippen LogP contribution is -1.98. The first kappa shape index (κ1) is 17.1. The van der Waals surface area contributed by atoms with Crippen LogP contribution in [0.4, 0.5) is 5.69 Å². The minimum atomic E-state index is 0.410. The number of rotatable bonds is 6. The number of hydrogen-bond acceptors (Lipinski definition) is 3. The van der Waals surface area contributed by atoms with Gasteiger partial charge in [-0.3, -0.25) is 4.99 Å². The molecule has 0 saturated heterocycles. The average molecular weight is 352 g/mol. The van der Waals surface area contributed by atoms with E-state index >= 15 is 0 Å².